The lowest BCUT2D eigenvalue weighted by Crippen LogP contribution is -2.44. The molecule has 6 nitrogen and oxygen atoms in total. The van der Waals surface area contributed by atoms with Crippen molar-refractivity contribution in [3.05, 3.63) is 0 Å². The molecular weight excluding hydrogens is 230 g/mol. The largest absolute Gasteiger partial charge is 0.480 e. The quantitative estimate of drug-likeness (QED) is 0.362. The Labute approximate surface area is 99.1 Å². The van der Waals surface area contributed by atoms with Crippen molar-refractivity contribution in [1.29, 1.82) is 5.41 Å². The Morgan fingerprint density at radius 3 is 2.81 bits per heavy atom. The zero-order chi connectivity index (χ0) is 12.3. The summed E-state index contributed by atoms with van der Waals surface area (Å²) >= 11 is 4.12. The fourth-order valence-electron chi connectivity index (χ4n) is 1.59. The van der Waals surface area contributed by atoms with E-state index in [2.05, 4.69) is 12.6 Å². The first-order valence-corrected chi connectivity index (χ1v) is 5.51. The van der Waals surface area contributed by atoms with Crippen molar-refractivity contribution in [3.63, 3.8) is 0 Å². The average molecular weight is 245 g/mol. The van der Waals surface area contributed by atoms with Gasteiger partial charge in [-0.15, -0.1) is 0 Å². The maximum Gasteiger partial charge on any atom is 0.323 e. The SMILES string of the molecule is CN(CC(=O)O)C(=N)N1CC(CS)CC1=O. The van der Waals surface area contributed by atoms with E-state index < -0.39 is 5.97 Å². The summed E-state index contributed by atoms with van der Waals surface area (Å²) in [5, 5.41) is 16.3. The number of rotatable bonds is 3. The number of likely N-dealkylation sites (N-methyl/N-ethyl adjacent to an activating group) is 1. The number of carbonyl (C=O) groups is 2. The van der Waals surface area contributed by atoms with E-state index in [9.17, 15) is 9.59 Å². The summed E-state index contributed by atoms with van der Waals surface area (Å²) in [6.07, 6.45) is 0.382. The van der Waals surface area contributed by atoms with E-state index in [4.69, 9.17) is 10.5 Å². The molecule has 0 aromatic heterocycles. The van der Waals surface area contributed by atoms with E-state index >= 15 is 0 Å². The van der Waals surface area contributed by atoms with Gasteiger partial charge in [-0.1, -0.05) is 0 Å². The molecule has 7 heteroatoms. The third-order valence-electron chi connectivity index (χ3n) is 2.45. The lowest BCUT2D eigenvalue weighted by molar-refractivity contribution is -0.137. The van der Waals surface area contributed by atoms with Gasteiger partial charge in [0.2, 0.25) is 11.9 Å². The van der Waals surface area contributed by atoms with Crippen LogP contribution in [0.15, 0.2) is 0 Å². The minimum Gasteiger partial charge on any atom is -0.480 e. The van der Waals surface area contributed by atoms with Crippen LogP contribution < -0.4 is 0 Å². The summed E-state index contributed by atoms with van der Waals surface area (Å²) < 4.78 is 0. The van der Waals surface area contributed by atoms with Gasteiger partial charge in [0, 0.05) is 20.0 Å². The summed E-state index contributed by atoms with van der Waals surface area (Å²) in [5.41, 5.74) is 0. The Bertz CT molecular complexity index is 321. The van der Waals surface area contributed by atoms with Gasteiger partial charge in [-0.05, 0) is 11.7 Å². The minimum absolute atomic E-state index is 0.0586. The van der Waals surface area contributed by atoms with Crippen LogP contribution in [-0.2, 0) is 9.59 Å². The first-order valence-electron chi connectivity index (χ1n) is 4.88. The summed E-state index contributed by atoms with van der Waals surface area (Å²) in [5.74, 6) is -0.477. The topological polar surface area (TPSA) is 84.7 Å². The molecule has 1 unspecified atom stereocenters. The van der Waals surface area contributed by atoms with Gasteiger partial charge in [0.25, 0.3) is 0 Å². The van der Waals surface area contributed by atoms with Gasteiger partial charge >= 0.3 is 5.97 Å². The highest BCUT2D eigenvalue weighted by Crippen LogP contribution is 2.19. The number of hydrogen-bond donors (Lipinski definition) is 3. The molecule has 0 radical (unpaired) electrons. The molecule has 1 amide bonds. The van der Waals surface area contributed by atoms with Gasteiger partial charge in [0.1, 0.15) is 6.54 Å². The molecule has 0 aromatic carbocycles. The number of carboxylic acid groups (broad SMARTS) is 1. The molecule has 1 fully saturated rings. The molecule has 1 heterocycles. The highest BCUT2D eigenvalue weighted by molar-refractivity contribution is 7.80. The molecule has 2 N–H and O–H groups in total. The van der Waals surface area contributed by atoms with Gasteiger partial charge in [0.05, 0.1) is 0 Å². The third kappa shape index (κ3) is 2.88. The Kier molecular flexibility index (Phi) is 4.17. The van der Waals surface area contributed by atoms with E-state index in [-0.39, 0.29) is 24.3 Å². The fourth-order valence-corrected chi connectivity index (χ4v) is 1.84. The summed E-state index contributed by atoms with van der Waals surface area (Å²) in [6, 6.07) is 0. The molecule has 0 saturated carbocycles. The Balaban J connectivity index is 2.60. The maximum absolute atomic E-state index is 11.6. The molecule has 1 rings (SSSR count). The number of carbonyl (C=O) groups excluding carboxylic acids is 1. The Morgan fingerprint density at radius 2 is 2.38 bits per heavy atom. The zero-order valence-corrected chi connectivity index (χ0v) is 9.91. The monoisotopic (exact) mass is 245 g/mol. The van der Waals surface area contributed by atoms with Crippen molar-refractivity contribution in [3.8, 4) is 0 Å². The second-order valence-corrected chi connectivity index (χ2v) is 4.20. The maximum atomic E-state index is 11.6. The van der Waals surface area contributed by atoms with Crippen LogP contribution in [-0.4, -0.2) is 58.6 Å². The minimum atomic E-state index is -1.02. The van der Waals surface area contributed by atoms with Crippen molar-refractivity contribution in [2.45, 2.75) is 6.42 Å². The van der Waals surface area contributed by atoms with E-state index in [0.717, 1.165) is 0 Å². The van der Waals surface area contributed by atoms with Crippen LogP contribution in [0.3, 0.4) is 0 Å². The van der Waals surface area contributed by atoms with Crippen LogP contribution in [0, 0.1) is 11.3 Å². The predicted molar refractivity (Wildman–Crippen MR) is 61.7 cm³/mol. The molecule has 1 aliphatic heterocycles. The zero-order valence-electron chi connectivity index (χ0n) is 9.01. The second-order valence-electron chi connectivity index (χ2n) is 3.83. The van der Waals surface area contributed by atoms with Gasteiger partial charge in [0.15, 0.2) is 0 Å². The van der Waals surface area contributed by atoms with Crippen LogP contribution in [0.1, 0.15) is 6.42 Å². The Morgan fingerprint density at radius 1 is 1.75 bits per heavy atom. The van der Waals surface area contributed by atoms with Gasteiger partial charge in [-0.2, -0.15) is 12.6 Å². The summed E-state index contributed by atoms with van der Waals surface area (Å²) in [7, 11) is 1.48. The number of amides is 1. The van der Waals surface area contributed by atoms with Gasteiger partial charge in [-0.25, -0.2) is 0 Å². The van der Waals surface area contributed by atoms with E-state index in [0.29, 0.717) is 18.7 Å². The first kappa shape index (κ1) is 12.8. The number of hydrogen-bond acceptors (Lipinski definition) is 4. The third-order valence-corrected chi connectivity index (χ3v) is 2.97. The van der Waals surface area contributed by atoms with Crippen LogP contribution in [0.25, 0.3) is 0 Å². The Hall–Kier alpha value is -1.24. The van der Waals surface area contributed by atoms with Crippen LogP contribution in [0.5, 0.6) is 0 Å². The van der Waals surface area contributed by atoms with Crippen LogP contribution in [0.2, 0.25) is 0 Å². The highest BCUT2D eigenvalue weighted by atomic mass is 32.1. The second kappa shape index (κ2) is 5.20. The highest BCUT2D eigenvalue weighted by Gasteiger charge is 2.32. The van der Waals surface area contributed by atoms with Gasteiger partial charge in [-0.3, -0.25) is 19.9 Å². The van der Waals surface area contributed by atoms with Crippen molar-refractivity contribution in [2.75, 3.05) is 25.9 Å². The van der Waals surface area contributed by atoms with Gasteiger partial charge < -0.3 is 10.0 Å². The standard InChI is InChI=1S/C9H15N3O3S/c1-11(4-8(14)15)9(10)12-3-6(5-16)2-7(12)13/h6,10,16H,2-5H2,1H3,(H,14,15). The summed E-state index contributed by atoms with van der Waals surface area (Å²) in [4.78, 5) is 24.6. The fraction of sp³-hybridized carbons (Fsp3) is 0.667. The van der Waals surface area contributed by atoms with E-state index in [1.165, 1.54) is 16.8 Å². The normalized spacial score (nSPS) is 20.0. The molecule has 90 valence electrons. The van der Waals surface area contributed by atoms with Crippen molar-refractivity contribution in [2.24, 2.45) is 5.92 Å². The molecule has 1 aliphatic rings. The molecule has 16 heavy (non-hydrogen) atoms. The van der Waals surface area contributed by atoms with Crippen LogP contribution in [0.4, 0.5) is 0 Å². The average Bonchev–Trinajstić information content (AvgIpc) is 2.57. The lowest BCUT2D eigenvalue weighted by Gasteiger charge is -2.25. The number of nitrogens with zero attached hydrogens (tertiary/aromatic N) is 2. The molecule has 0 spiro atoms. The molecule has 0 aliphatic carbocycles. The van der Waals surface area contributed by atoms with E-state index in [1.54, 1.807) is 0 Å². The predicted octanol–water partition coefficient (Wildman–Crippen LogP) is -0.284. The van der Waals surface area contributed by atoms with Crippen molar-refractivity contribution in [1.82, 2.24) is 9.80 Å². The smallest absolute Gasteiger partial charge is 0.323 e. The lowest BCUT2D eigenvalue weighted by atomic mass is 10.1. The number of likely N-dealkylation sites (tertiary alicyclic amines) is 1. The number of nitrogens with one attached hydrogen (secondary N) is 1. The number of aliphatic carboxylic acids is 1. The molecular formula is C9H15N3O3S. The first-order chi connectivity index (χ1) is 7.45. The number of thiol groups is 1. The molecule has 0 bridgehead atoms. The summed E-state index contributed by atoms with van der Waals surface area (Å²) in [6.45, 7) is 0.166. The van der Waals surface area contributed by atoms with Crippen molar-refractivity contribution < 1.29 is 14.7 Å². The molecule has 0 aromatic rings. The number of carboxylic acids is 1. The number of guanidine groups is 1. The molecule has 1 atom stereocenters. The van der Waals surface area contributed by atoms with Crippen molar-refractivity contribution >= 4 is 30.5 Å². The van der Waals surface area contributed by atoms with Crippen LogP contribution >= 0.6 is 12.6 Å². The molecule has 1 saturated heterocycles. The van der Waals surface area contributed by atoms with E-state index in [1.807, 2.05) is 0 Å².